The molecule has 0 spiro atoms. The van der Waals surface area contributed by atoms with Crippen LogP contribution < -0.4 is 5.73 Å². The molecule has 6 heteroatoms. The van der Waals surface area contributed by atoms with Crippen LogP contribution in [-0.4, -0.2) is 69.1 Å². The minimum Gasteiger partial charge on any atom is -0.465 e. The van der Waals surface area contributed by atoms with E-state index in [2.05, 4.69) is 4.90 Å². The number of carbonyl (C=O) groups excluding carboxylic acids is 1. The fourth-order valence-corrected chi connectivity index (χ4v) is 2.99. The number of hydrogen-bond acceptors (Lipinski definition) is 6. The van der Waals surface area contributed by atoms with Crippen molar-refractivity contribution in [3.05, 3.63) is 0 Å². The smallest absolute Gasteiger partial charge is 0.327 e. The summed E-state index contributed by atoms with van der Waals surface area (Å²) in [5, 5.41) is 0. The minimum atomic E-state index is -0.892. The summed E-state index contributed by atoms with van der Waals surface area (Å²) in [6.07, 6.45) is 2.08. The molecule has 2 aliphatic rings. The van der Waals surface area contributed by atoms with E-state index in [0.29, 0.717) is 13.2 Å². The quantitative estimate of drug-likeness (QED) is 0.664. The van der Waals surface area contributed by atoms with Crippen molar-refractivity contribution in [1.82, 2.24) is 4.90 Å². The second-order valence-electron chi connectivity index (χ2n) is 5.78. The third kappa shape index (κ3) is 3.14. The summed E-state index contributed by atoms with van der Waals surface area (Å²) in [6, 6.07) is 0. The van der Waals surface area contributed by atoms with Crippen LogP contribution in [0.1, 0.15) is 19.8 Å². The van der Waals surface area contributed by atoms with Crippen molar-refractivity contribution < 1.29 is 19.0 Å². The molecule has 2 N–H and O–H groups in total. The lowest BCUT2D eigenvalue weighted by Crippen LogP contribution is -2.58. The predicted molar refractivity (Wildman–Crippen MR) is 74.3 cm³/mol. The molecular weight excluding hydrogens is 260 g/mol. The van der Waals surface area contributed by atoms with Crippen LogP contribution in [0.2, 0.25) is 0 Å². The van der Waals surface area contributed by atoms with E-state index >= 15 is 0 Å². The van der Waals surface area contributed by atoms with Crippen molar-refractivity contribution in [3.63, 3.8) is 0 Å². The Kier molecular flexibility index (Phi) is 5.01. The van der Waals surface area contributed by atoms with Gasteiger partial charge in [0.15, 0.2) is 0 Å². The summed E-state index contributed by atoms with van der Waals surface area (Å²) < 4.78 is 16.0. The van der Waals surface area contributed by atoms with E-state index in [4.69, 9.17) is 19.9 Å². The molecule has 3 unspecified atom stereocenters. The Hall–Kier alpha value is -0.690. The van der Waals surface area contributed by atoms with Crippen LogP contribution in [0.5, 0.6) is 0 Å². The highest BCUT2D eigenvalue weighted by molar-refractivity contribution is 5.82. The van der Waals surface area contributed by atoms with Gasteiger partial charge in [-0.1, -0.05) is 0 Å². The van der Waals surface area contributed by atoms with Crippen molar-refractivity contribution in [2.75, 3.05) is 40.5 Å². The lowest BCUT2D eigenvalue weighted by Gasteiger charge is -2.31. The number of hydrogen-bond donors (Lipinski definition) is 1. The highest BCUT2D eigenvalue weighted by Crippen LogP contribution is 2.40. The van der Waals surface area contributed by atoms with Crippen LogP contribution in [0.3, 0.4) is 0 Å². The molecule has 20 heavy (non-hydrogen) atoms. The fraction of sp³-hybridized carbons (Fsp3) is 0.929. The molecule has 0 amide bonds. The zero-order chi connectivity index (χ0) is 14.8. The maximum absolute atomic E-state index is 12.2. The van der Waals surface area contributed by atoms with E-state index in [1.54, 1.807) is 14.2 Å². The standard InChI is InChI=1S/C14H26N2O4/c1-4-20-13(17)14(15,10-5-6-10)9-16-7-11(18-2)12(8-16)19-3/h10-12H,4-9,15H2,1-3H3. The number of nitrogens with zero attached hydrogens (tertiary/aromatic N) is 1. The zero-order valence-corrected chi connectivity index (χ0v) is 12.6. The molecule has 0 bridgehead atoms. The van der Waals surface area contributed by atoms with E-state index in [-0.39, 0.29) is 24.1 Å². The molecule has 3 atom stereocenters. The Labute approximate surface area is 120 Å². The van der Waals surface area contributed by atoms with Gasteiger partial charge < -0.3 is 19.9 Å². The Bertz CT molecular complexity index is 336. The summed E-state index contributed by atoms with van der Waals surface area (Å²) in [4.78, 5) is 14.4. The maximum Gasteiger partial charge on any atom is 0.327 e. The van der Waals surface area contributed by atoms with Gasteiger partial charge in [-0.3, -0.25) is 4.90 Å². The first-order valence-corrected chi connectivity index (χ1v) is 7.29. The Morgan fingerprint density at radius 3 is 2.20 bits per heavy atom. The van der Waals surface area contributed by atoms with Crippen molar-refractivity contribution >= 4 is 5.97 Å². The SMILES string of the molecule is CCOC(=O)C(N)(CN1CC(OC)C(OC)C1)C1CC1. The largest absolute Gasteiger partial charge is 0.465 e. The van der Waals surface area contributed by atoms with Gasteiger partial charge in [0.1, 0.15) is 5.54 Å². The minimum absolute atomic E-state index is 0.0330. The fourth-order valence-electron chi connectivity index (χ4n) is 2.99. The molecule has 1 aliphatic carbocycles. The molecule has 2 fully saturated rings. The van der Waals surface area contributed by atoms with Gasteiger partial charge in [0.25, 0.3) is 0 Å². The number of rotatable bonds is 7. The molecule has 1 heterocycles. The molecule has 1 saturated heterocycles. The van der Waals surface area contributed by atoms with Gasteiger partial charge in [-0.05, 0) is 25.7 Å². The van der Waals surface area contributed by atoms with E-state index in [1.165, 1.54) is 0 Å². The van der Waals surface area contributed by atoms with E-state index in [1.807, 2.05) is 6.92 Å². The van der Waals surface area contributed by atoms with Gasteiger partial charge in [0.2, 0.25) is 0 Å². The molecule has 6 nitrogen and oxygen atoms in total. The van der Waals surface area contributed by atoms with Crippen LogP contribution >= 0.6 is 0 Å². The first-order valence-electron chi connectivity index (χ1n) is 7.29. The van der Waals surface area contributed by atoms with E-state index in [9.17, 15) is 4.79 Å². The average molecular weight is 286 g/mol. The third-order valence-corrected chi connectivity index (χ3v) is 4.34. The molecule has 2 rings (SSSR count). The Morgan fingerprint density at radius 2 is 1.80 bits per heavy atom. The first-order chi connectivity index (χ1) is 9.55. The van der Waals surface area contributed by atoms with Gasteiger partial charge in [-0.15, -0.1) is 0 Å². The predicted octanol–water partition coefficient (Wildman–Crippen LogP) is 0.00260. The Balaban J connectivity index is 2.00. The number of methoxy groups -OCH3 is 2. The van der Waals surface area contributed by atoms with Gasteiger partial charge in [-0.25, -0.2) is 4.79 Å². The average Bonchev–Trinajstić information content (AvgIpc) is 3.21. The highest BCUT2D eigenvalue weighted by Gasteiger charge is 2.51. The van der Waals surface area contributed by atoms with Crippen LogP contribution in [0.25, 0.3) is 0 Å². The van der Waals surface area contributed by atoms with Crippen LogP contribution in [0, 0.1) is 5.92 Å². The monoisotopic (exact) mass is 286 g/mol. The molecule has 0 aromatic rings. The topological polar surface area (TPSA) is 74.0 Å². The van der Waals surface area contributed by atoms with Crippen molar-refractivity contribution in [3.8, 4) is 0 Å². The van der Waals surface area contributed by atoms with Crippen LogP contribution in [0.15, 0.2) is 0 Å². The lowest BCUT2D eigenvalue weighted by atomic mass is 9.94. The van der Waals surface area contributed by atoms with Gasteiger partial charge >= 0.3 is 5.97 Å². The number of likely N-dealkylation sites (tertiary alicyclic amines) is 1. The zero-order valence-electron chi connectivity index (χ0n) is 12.6. The maximum atomic E-state index is 12.2. The number of carbonyl (C=O) groups is 1. The second-order valence-corrected chi connectivity index (χ2v) is 5.78. The molecule has 0 radical (unpaired) electrons. The van der Waals surface area contributed by atoms with Gasteiger partial charge in [-0.2, -0.15) is 0 Å². The summed E-state index contributed by atoms with van der Waals surface area (Å²) in [5.41, 5.74) is 5.50. The molecule has 116 valence electrons. The summed E-state index contributed by atoms with van der Waals surface area (Å²) in [6.45, 7) is 4.16. The van der Waals surface area contributed by atoms with Crippen molar-refractivity contribution in [2.24, 2.45) is 11.7 Å². The number of ether oxygens (including phenoxy) is 3. The molecule has 1 saturated carbocycles. The molecule has 1 aliphatic heterocycles. The summed E-state index contributed by atoms with van der Waals surface area (Å²) in [5.74, 6) is -0.0403. The molecule has 0 aromatic heterocycles. The summed E-state index contributed by atoms with van der Waals surface area (Å²) in [7, 11) is 3.37. The van der Waals surface area contributed by atoms with Crippen molar-refractivity contribution in [2.45, 2.75) is 37.5 Å². The third-order valence-electron chi connectivity index (χ3n) is 4.34. The first kappa shape index (κ1) is 15.7. The second kappa shape index (κ2) is 6.39. The number of esters is 1. The van der Waals surface area contributed by atoms with Crippen molar-refractivity contribution in [1.29, 1.82) is 0 Å². The van der Waals surface area contributed by atoms with E-state index in [0.717, 1.165) is 25.9 Å². The number of nitrogens with two attached hydrogens (primary N) is 1. The highest BCUT2D eigenvalue weighted by atomic mass is 16.5. The molecular formula is C14H26N2O4. The summed E-state index contributed by atoms with van der Waals surface area (Å²) >= 11 is 0. The Morgan fingerprint density at radius 1 is 1.25 bits per heavy atom. The van der Waals surface area contributed by atoms with Crippen LogP contribution in [-0.2, 0) is 19.0 Å². The van der Waals surface area contributed by atoms with E-state index < -0.39 is 5.54 Å². The molecule has 0 aromatic carbocycles. The lowest BCUT2D eigenvalue weighted by molar-refractivity contribution is -0.151. The van der Waals surface area contributed by atoms with Gasteiger partial charge in [0.05, 0.1) is 18.8 Å². The normalized spacial score (nSPS) is 30.2. The van der Waals surface area contributed by atoms with Crippen LogP contribution in [0.4, 0.5) is 0 Å². The van der Waals surface area contributed by atoms with Gasteiger partial charge in [0, 0.05) is 33.9 Å².